The van der Waals surface area contributed by atoms with Crippen molar-refractivity contribution in [3.8, 4) is 5.75 Å². The topological polar surface area (TPSA) is 75.6 Å². The molecule has 1 rings (SSSR count). The summed E-state index contributed by atoms with van der Waals surface area (Å²) in [4.78, 5) is 22.9. The summed E-state index contributed by atoms with van der Waals surface area (Å²) in [5, 5.41) is 11.3. The van der Waals surface area contributed by atoms with Crippen LogP contribution in [0.4, 0.5) is 8.78 Å². The van der Waals surface area contributed by atoms with E-state index in [2.05, 4.69) is 16.6 Å². The summed E-state index contributed by atoms with van der Waals surface area (Å²) in [6, 6.07) is 4.06. The molecular weight excluding hydrogens is 284 g/mol. The Kier molecular flexibility index (Phi) is 6.32. The first-order chi connectivity index (χ1) is 9.93. The quantitative estimate of drug-likeness (QED) is 0.723. The molecule has 0 saturated carbocycles. The van der Waals surface area contributed by atoms with Gasteiger partial charge in [0.15, 0.2) is 0 Å². The molecule has 0 aliphatic heterocycles. The van der Waals surface area contributed by atoms with E-state index >= 15 is 0 Å². The van der Waals surface area contributed by atoms with E-state index in [1.54, 1.807) is 6.08 Å². The van der Waals surface area contributed by atoms with Crippen LogP contribution >= 0.6 is 0 Å². The van der Waals surface area contributed by atoms with Gasteiger partial charge in [0.2, 0.25) is 0 Å². The van der Waals surface area contributed by atoms with E-state index in [-0.39, 0.29) is 17.7 Å². The van der Waals surface area contributed by atoms with Gasteiger partial charge in [-0.15, -0.1) is 6.58 Å². The Morgan fingerprint density at radius 1 is 1.43 bits per heavy atom. The molecule has 1 aromatic carbocycles. The first kappa shape index (κ1) is 16.6. The van der Waals surface area contributed by atoms with Gasteiger partial charge in [-0.05, 0) is 31.0 Å². The Labute approximate surface area is 120 Å². The maximum Gasteiger partial charge on any atom is 0.387 e. The highest BCUT2D eigenvalue weighted by Gasteiger charge is 2.20. The van der Waals surface area contributed by atoms with Crippen molar-refractivity contribution in [1.29, 1.82) is 0 Å². The Bertz CT molecular complexity index is 519. The summed E-state index contributed by atoms with van der Waals surface area (Å²) < 4.78 is 28.4. The highest BCUT2D eigenvalue weighted by Crippen LogP contribution is 2.16. The Morgan fingerprint density at radius 2 is 2.14 bits per heavy atom. The zero-order chi connectivity index (χ0) is 15.8. The Balaban J connectivity index is 2.77. The fraction of sp³-hybridized carbons (Fsp3) is 0.286. The van der Waals surface area contributed by atoms with Crippen molar-refractivity contribution in [1.82, 2.24) is 5.32 Å². The lowest BCUT2D eigenvalue weighted by Crippen LogP contribution is -2.40. The molecule has 0 bridgehead atoms. The van der Waals surface area contributed by atoms with E-state index in [9.17, 15) is 18.4 Å². The van der Waals surface area contributed by atoms with Gasteiger partial charge >= 0.3 is 12.6 Å². The number of hydrogen-bond acceptors (Lipinski definition) is 3. The summed E-state index contributed by atoms with van der Waals surface area (Å²) in [6.07, 6.45) is 2.16. The smallest absolute Gasteiger partial charge is 0.387 e. The highest BCUT2D eigenvalue weighted by atomic mass is 19.3. The van der Waals surface area contributed by atoms with Gasteiger partial charge in [-0.25, -0.2) is 4.79 Å². The fourth-order valence-electron chi connectivity index (χ4n) is 1.60. The lowest BCUT2D eigenvalue weighted by atomic mass is 10.1. The van der Waals surface area contributed by atoms with Crippen molar-refractivity contribution >= 4 is 11.9 Å². The lowest BCUT2D eigenvalue weighted by molar-refractivity contribution is -0.139. The summed E-state index contributed by atoms with van der Waals surface area (Å²) in [6.45, 7) is 0.478. The fourth-order valence-corrected chi connectivity index (χ4v) is 1.60. The van der Waals surface area contributed by atoms with E-state index in [0.29, 0.717) is 6.42 Å². The molecule has 0 spiro atoms. The van der Waals surface area contributed by atoms with E-state index in [1.807, 2.05) is 0 Å². The predicted octanol–water partition coefficient (Wildman–Crippen LogP) is 2.44. The number of nitrogens with one attached hydrogen (secondary N) is 1. The second-order valence-electron chi connectivity index (χ2n) is 4.14. The van der Waals surface area contributed by atoms with Crippen LogP contribution in [0.25, 0.3) is 0 Å². The number of hydrogen-bond donors (Lipinski definition) is 2. The van der Waals surface area contributed by atoms with Crippen molar-refractivity contribution in [3.05, 3.63) is 42.5 Å². The molecule has 21 heavy (non-hydrogen) atoms. The van der Waals surface area contributed by atoms with Crippen LogP contribution in [0.2, 0.25) is 0 Å². The highest BCUT2D eigenvalue weighted by molar-refractivity contribution is 5.96. The maximum absolute atomic E-state index is 12.1. The molecule has 2 N–H and O–H groups in total. The molecule has 1 amide bonds. The monoisotopic (exact) mass is 299 g/mol. The number of benzene rings is 1. The molecule has 7 heteroatoms. The zero-order valence-corrected chi connectivity index (χ0v) is 11.1. The standard InChI is InChI=1S/C14H15F2NO4/c1-2-3-7-11(13(19)20)17-12(18)9-5-4-6-10(8-9)21-14(15)16/h2,4-6,8,11,14H,1,3,7H2,(H,17,18)(H,19,20). The zero-order valence-electron chi connectivity index (χ0n) is 11.1. The minimum atomic E-state index is -3.00. The van der Waals surface area contributed by atoms with E-state index < -0.39 is 24.5 Å². The third-order valence-electron chi connectivity index (χ3n) is 2.58. The third-order valence-corrected chi connectivity index (χ3v) is 2.58. The molecular formula is C14H15F2NO4. The van der Waals surface area contributed by atoms with E-state index in [4.69, 9.17) is 5.11 Å². The number of aliphatic carboxylic acids is 1. The molecule has 0 heterocycles. The third kappa shape index (κ3) is 5.60. The predicted molar refractivity (Wildman–Crippen MR) is 71.4 cm³/mol. The van der Waals surface area contributed by atoms with Crippen LogP contribution < -0.4 is 10.1 Å². The molecule has 1 atom stereocenters. The van der Waals surface area contributed by atoms with Gasteiger partial charge in [-0.1, -0.05) is 12.1 Å². The minimum Gasteiger partial charge on any atom is -0.480 e. The van der Waals surface area contributed by atoms with Crippen molar-refractivity contribution < 1.29 is 28.2 Å². The van der Waals surface area contributed by atoms with Crippen LogP contribution in [0, 0.1) is 0 Å². The summed E-state index contributed by atoms with van der Waals surface area (Å²) >= 11 is 0. The minimum absolute atomic E-state index is 0.0398. The summed E-state index contributed by atoms with van der Waals surface area (Å²) in [5.41, 5.74) is 0.0398. The van der Waals surface area contributed by atoms with Crippen LogP contribution in [0.5, 0.6) is 5.75 Å². The number of alkyl halides is 2. The van der Waals surface area contributed by atoms with Gasteiger partial charge in [0.1, 0.15) is 11.8 Å². The number of allylic oxidation sites excluding steroid dienone is 1. The maximum atomic E-state index is 12.1. The molecule has 114 valence electrons. The Morgan fingerprint density at radius 3 is 2.71 bits per heavy atom. The number of halogens is 2. The van der Waals surface area contributed by atoms with Crippen LogP contribution in [-0.4, -0.2) is 29.6 Å². The summed E-state index contributed by atoms with van der Waals surface area (Å²) in [7, 11) is 0. The Hall–Kier alpha value is -2.44. The van der Waals surface area contributed by atoms with Crippen molar-refractivity contribution in [3.63, 3.8) is 0 Å². The van der Waals surface area contributed by atoms with Gasteiger partial charge in [0.25, 0.3) is 5.91 Å². The van der Waals surface area contributed by atoms with Gasteiger partial charge in [0.05, 0.1) is 0 Å². The van der Waals surface area contributed by atoms with Crippen LogP contribution in [-0.2, 0) is 4.79 Å². The number of carboxylic acid groups (broad SMARTS) is 1. The molecule has 0 saturated heterocycles. The normalized spacial score (nSPS) is 11.8. The van der Waals surface area contributed by atoms with Gasteiger partial charge in [0, 0.05) is 5.56 Å². The number of carboxylic acids is 1. The number of ether oxygens (including phenoxy) is 1. The van der Waals surface area contributed by atoms with Gasteiger partial charge < -0.3 is 15.2 Å². The molecule has 1 aromatic rings. The SMILES string of the molecule is C=CCCC(NC(=O)c1cccc(OC(F)F)c1)C(=O)O. The second-order valence-corrected chi connectivity index (χ2v) is 4.14. The molecule has 1 unspecified atom stereocenters. The number of amides is 1. The average Bonchev–Trinajstić information content (AvgIpc) is 2.42. The van der Waals surface area contributed by atoms with Crippen LogP contribution in [0.3, 0.4) is 0 Å². The molecule has 0 aliphatic rings. The van der Waals surface area contributed by atoms with Crippen LogP contribution in [0.1, 0.15) is 23.2 Å². The summed E-state index contributed by atoms with van der Waals surface area (Å²) in [5.74, 6) is -2.02. The van der Waals surface area contributed by atoms with E-state index in [0.717, 1.165) is 6.07 Å². The van der Waals surface area contributed by atoms with Crippen molar-refractivity contribution in [2.45, 2.75) is 25.5 Å². The van der Waals surface area contributed by atoms with Crippen molar-refractivity contribution in [2.75, 3.05) is 0 Å². The molecule has 5 nitrogen and oxygen atoms in total. The van der Waals surface area contributed by atoms with Crippen LogP contribution in [0.15, 0.2) is 36.9 Å². The first-order valence-electron chi connectivity index (χ1n) is 6.13. The second kappa shape index (κ2) is 7.98. The lowest BCUT2D eigenvalue weighted by Gasteiger charge is -2.14. The molecule has 0 fully saturated rings. The first-order valence-corrected chi connectivity index (χ1v) is 6.13. The molecule has 0 aromatic heterocycles. The van der Waals surface area contributed by atoms with Crippen molar-refractivity contribution in [2.24, 2.45) is 0 Å². The van der Waals surface area contributed by atoms with E-state index in [1.165, 1.54) is 18.2 Å². The molecule has 0 aliphatic carbocycles. The number of carbonyl (C=O) groups is 2. The number of carbonyl (C=O) groups excluding carboxylic acids is 1. The van der Waals surface area contributed by atoms with Gasteiger partial charge in [-0.2, -0.15) is 8.78 Å². The average molecular weight is 299 g/mol. The number of rotatable bonds is 8. The molecule has 0 radical (unpaired) electrons. The largest absolute Gasteiger partial charge is 0.480 e. The van der Waals surface area contributed by atoms with Gasteiger partial charge in [-0.3, -0.25) is 4.79 Å².